The molecule has 0 spiro atoms. The third-order valence-electron chi connectivity index (χ3n) is 6.40. The average Bonchev–Trinajstić information content (AvgIpc) is 2.89. The van der Waals surface area contributed by atoms with Crippen LogP contribution in [0.25, 0.3) is 10.8 Å². The Morgan fingerprint density at radius 1 is 1.03 bits per heavy atom. The first kappa shape index (κ1) is 28.3. The molecular weight excluding hydrogens is 522 g/mol. The maximum Gasteiger partial charge on any atom is 0.407 e. The van der Waals surface area contributed by atoms with Crippen molar-refractivity contribution in [3.8, 4) is 0 Å². The zero-order valence-electron chi connectivity index (χ0n) is 22.5. The lowest BCUT2D eigenvalue weighted by Crippen LogP contribution is -2.47. The Balaban J connectivity index is 1.52. The number of ether oxygens (including phenoxy) is 2. The third kappa shape index (κ3) is 6.48. The fraction of sp³-hybridized carbons (Fsp3) is 0.393. The van der Waals surface area contributed by atoms with E-state index in [1.165, 1.54) is 27.2 Å². The van der Waals surface area contributed by atoms with Gasteiger partial charge in [-0.3, -0.25) is 9.36 Å². The van der Waals surface area contributed by atoms with Gasteiger partial charge in [-0.1, -0.05) is 24.3 Å². The van der Waals surface area contributed by atoms with Crippen molar-refractivity contribution in [2.24, 2.45) is 0 Å². The van der Waals surface area contributed by atoms with Crippen LogP contribution in [0.1, 0.15) is 49.5 Å². The number of nitrogens with one attached hydrogen (secondary N) is 1. The summed E-state index contributed by atoms with van der Waals surface area (Å²) in [6.45, 7) is 7.17. The van der Waals surface area contributed by atoms with Crippen LogP contribution in [0.3, 0.4) is 0 Å². The smallest absolute Gasteiger partial charge is 0.407 e. The highest BCUT2D eigenvalue weighted by atomic mass is 32.2. The average molecular weight is 556 g/mol. The number of carbonyl (C=O) groups is 2. The van der Waals surface area contributed by atoms with Gasteiger partial charge in [0.25, 0.3) is 5.56 Å². The molecule has 39 heavy (non-hydrogen) atoms. The van der Waals surface area contributed by atoms with E-state index < -0.39 is 33.2 Å². The Kier molecular flexibility index (Phi) is 8.12. The van der Waals surface area contributed by atoms with E-state index in [4.69, 9.17) is 9.47 Å². The number of aromatic nitrogens is 1. The molecule has 0 atom stereocenters. The van der Waals surface area contributed by atoms with Crippen LogP contribution in [0, 0.1) is 6.92 Å². The summed E-state index contributed by atoms with van der Waals surface area (Å²) in [7, 11) is -3.93. The summed E-state index contributed by atoms with van der Waals surface area (Å²) in [4.78, 5) is 37.7. The number of amides is 1. The number of carbonyl (C=O) groups excluding carboxylic acids is 2. The van der Waals surface area contributed by atoms with Crippen LogP contribution in [-0.2, 0) is 26.2 Å². The number of fused-ring (bicyclic) bond motifs is 1. The fourth-order valence-corrected chi connectivity index (χ4v) is 6.33. The highest BCUT2D eigenvalue weighted by Gasteiger charge is 2.32. The molecule has 0 bridgehead atoms. The summed E-state index contributed by atoms with van der Waals surface area (Å²) in [5, 5.41) is 3.36. The Bertz CT molecular complexity index is 1540. The van der Waals surface area contributed by atoms with Crippen molar-refractivity contribution in [2.75, 3.05) is 13.1 Å². The van der Waals surface area contributed by atoms with Gasteiger partial charge in [-0.2, -0.15) is 4.31 Å². The second kappa shape index (κ2) is 11.2. The van der Waals surface area contributed by atoms with E-state index in [1.807, 2.05) is 0 Å². The number of esters is 1. The predicted molar refractivity (Wildman–Crippen MR) is 146 cm³/mol. The minimum Gasteiger partial charge on any atom is -0.444 e. The SMILES string of the molecule is Cc1cn(COC(=O)c2ccccc2)c(=O)c2cccc(S(=O)(=O)N3CCC(NC(=O)OC(C)(C)C)CC3)c12. The lowest BCUT2D eigenvalue weighted by atomic mass is 10.1. The van der Waals surface area contributed by atoms with Crippen molar-refractivity contribution < 1.29 is 27.5 Å². The first-order valence-electron chi connectivity index (χ1n) is 12.7. The van der Waals surface area contributed by atoms with E-state index in [-0.39, 0.29) is 36.1 Å². The topological polar surface area (TPSA) is 124 Å². The Labute approximate surface area is 227 Å². The summed E-state index contributed by atoms with van der Waals surface area (Å²) >= 11 is 0. The van der Waals surface area contributed by atoms with Crippen LogP contribution in [0.4, 0.5) is 4.79 Å². The molecule has 2 heterocycles. The number of nitrogens with zero attached hydrogens (tertiary/aromatic N) is 2. The Hall–Kier alpha value is -3.70. The molecule has 208 valence electrons. The maximum absolute atomic E-state index is 13.7. The summed E-state index contributed by atoms with van der Waals surface area (Å²) < 4.78 is 40.6. The van der Waals surface area contributed by atoms with E-state index in [0.29, 0.717) is 29.4 Å². The second-order valence-corrected chi connectivity index (χ2v) is 12.4. The lowest BCUT2D eigenvalue weighted by Gasteiger charge is -2.32. The first-order chi connectivity index (χ1) is 18.4. The molecule has 1 N–H and O–H groups in total. The van der Waals surface area contributed by atoms with Crippen molar-refractivity contribution in [1.82, 2.24) is 14.2 Å². The molecule has 2 aromatic carbocycles. The highest BCUT2D eigenvalue weighted by Crippen LogP contribution is 2.29. The molecular formula is C28H33N3O7S. The molecule has 11 heteroatoms. The number of sulfonamides is 1. The van der Waals surface area contributed by atoms with E-state index in [2.05, 4.69) is 5.32 Å². The molecule has 0 unspecified atom stereocenters. The van der Waals surface area contributed by atoms with Gasteiger partial charge in [0.2, 0.25) is 10.0 Å². The van der Waals surface area contributed by atoms with Gasteiger partial charge < -0.3 is 14.8 Å². The van der Waals surface area contributed by atoms with Crippen LogP contribution in [0.2, 0.25) is 0 Å². The normalized spacial score (nSPS) is 15.2. The second-order valence-electron chi connectivity index (χ2n) is 10.5. The van der Waals surface area contributed by atoms with E-state index >= 15 is 0 Å². The molecule has 1 aromatic heterocycles. The van der Waals surface area contributed by atoms with Crippen molar-refractivity contribution in [1.29, 1.82) is 0 Å². The number of hydrogen-bond donors (Lipinski definition) is 1. The molecule has 1 amide bonds. The van der Waals surface area contributed by atoms with Gasteiger partial charge in [0.1, 0.15) is 5.60 Å². The van der Waals surface area contributed by atoms with Crippen LogP contribution in [0.15, 0.2) is 64.4 Å². The largest absolute Gasteiger partial charge is 0.444 e. The van der Waals surface area contributed by atoms with Crippen molar-refractivity contribution in [2.45, 2.75) is 63.8 Å². The molecule has 0 radical (unpaired) electrons. The fourth-order valence-electron chi connectivity index (χ4n) is 4.58. The molecule has 10 nitrogen and oxygen atoms in total. The standard InChI is InChI=1S/C28H33N3O7S/c1-19-17-30(18-37-26(33)20-9-6-5-7-10-20)25(32)22-11-8-12-23(24(19)22)39(35,36)31-15-13-21(14-16-31)29-27(34)38-28(2,3)4/h5-12,17,21H,13-16,18H2,1-4H3,(H,29,34). The summed E-state index contributed by atoms with van der Waals surface area (Å²) in [6, 6.07) is 12.8. The first-order valence-corrected chi connectivity index (χ1v) is 14.2. The van der Waals surface area contributed by atoms with E-state index in [0.717, 1.165) is 0 Å². The molecule has 1 saturated heterocycles. The number of hydrogen-bond acceptors (Lipinski definition) is 7. The molecule has 1 fully saturated rings. The maximum atomic E-state index is 13.7. The van der Waals surface area contributed by atoms with Crippen LogP contribution in [0.5, 0.6) is 0 Å². The van der Waals surface area contributed by atoms with Crippen molar-refractivity contribution in [3.05, 3.63) is 76.2 Å². The monoisotopic (exact) mass is 555 g/mol. The van der Waals surface area contributed by atoms with Crippen LogP contribution < -0.4 is 10.9 Å². The third-order valence-corrected chi connectivity index (χ3v) is 8.34. The van der Waals surface area contributed by atoms with Gasteiger partial charge >= 0.3 is 12.1 Å². The number of alkyl carbamates (subject to hydrolysis) is 1. The summed E-state index contributed by atoms with van der Waals surface area (Å²) in [5.74, 6) is -0.568. The molecule has 0 aliphatic carbocycles. The van der Waals surface area contributed by atoms with Gasteiger partial charge in [-0.05, 0) is 70.4 Å². The van der Waals surface area contributed by atoms with Crippen molar-refractivity contribution >= 4 is 32.9 Å². The molecule has 1 aliphatic heterocycles. The highest BCUT2D eigenvalue weighted by molar-refractivity contribution is 7.89. The number of pyridine rings is 1. The molecule has 0 saturated carbocycles. The van der Waals surface area contributed by atoms with Gasteiger partial charge in [0.15, 0.2) is 6.73 Å². The van der Waals surface area contributed by atoms with Gasteiger partial charge in [-0.15, -0.1) is 0 Å². The minimum atomic E-state index is -3.93. The van der Waals surface area contributed by atoms with E-state index in [9.17, 15) is 22.8 Å². The van der Waals surface area contributed by atoms with Crippen LogP contribution >= 0.6 is 0 Å². The minimum absolute atomic E-state index is 0.0431. The predicted octanol–water partition coefficient (Wildman–Crippen LogP) is 3.80. The lowest BCUT2D eigenvalue weighted by molar-refractivity contribution is 0.0365. The zero-order chi connectivity index (χ0) is 28.4. The van der Waals surface area contributed by atoms with Gasteiger partial charge in [0, 0.05) is 36.1 Å². The van der Waals surface area contributed by atoms with Gasteiger partial charge in [-0.25, -0.2) is 18.0 Å². The number of rotatable bonds is 6. The van der Waals surface area contributed by atoms with Crippen LogP contribution in [-0.4, -0.2) is 54.1 Å². The molecule has 1 aliphatic rings. The van der Waals surface area contributed by atoms with Gasteiger partial charge in [0.05, 0.1) is 10.5 Å². The zero-order valence-corrected chi connectivity index (χ0v) is 23.3. The van der Waals surface area contributed by atoms with Crippen molar-refractivity contribution in [3.63, 3.8) is 0 Å². The summed E-state index contributed by atoms with van der Waals surface area (Å²) in [5.41, 5.74) is -0.168. The molecule has 4 rings (SSSR count). The van der Waals surface area contributed by atoms with E-state index in [1.54, 1.807) is 64.1 Å². The number of piperidine rings is 1. The Morgan fingerprint density at radius 2 is 1.69 bits per heavy atom. The molecule has 3 aromatic rings. The Morgan fingerprint density at radius 3 is 2.33 bits per heavy atom. The summed E-state index contributed by atoms with van der Waals surface area (Å²) in [6.07, 6.45) is 1.84. The number of benzene rings is 2. The quantitative estimate of drug-likeness (QED) is 0.459. The number of aryl methyl sites for hydroxylation is 1.